The van der Waals surface area contributed by atoms with Crippen LogP contribution in [-0.2, 0) is 9.31 Å². The lowest BCUT2D eigenvalue weighted by Crippen LogP contribution is -2.45. The second-order valence-electron chi connectivity index (χ2n) is 6.49. The van der Waals surface area contributed by atoms with E-state index in [0.29, 0.717) is 17.9 Å². The van der Waals surface area contributed by atoms with Gasteiger partial charge in [0.1, 0.15) is 5.75 Å². The lowest BCUT2D eigenvalue weighted by atomic mass is 9.80. The summed E-state index contributed by atoms with van der Waals surface area (Å²) in [6.45, 7) is 8.34. The summed E-state index contributed by atoms with van der Waals surface area (Å²) in [6.07, 6.45) is 0. The number of nitrogens with one attached hydrogen (secondary N) is 1. The molecule has 0 aliphatic carbocycles. The van der Waals surface area contributed by atoms with Gasteiger partial charge in [0.25, 0.3) is 5.91 Å². The van der Waals surface area contributed by atoms with Crippen molar-refractivity contribution in [1.82, 2.24) is 5.32 Å². The molecule has 1 aromatic carbocycles. The molecule has 21 heavy (non-hydrogen) atoms. The summed E-state index contributed by atoms with van der Waals surface area (Å²) in [5.41, 5.74) is -0.301. The predicted octanol–water partition coefficient (Wildman–Crippen LogP) is 1.81. The van der Waals surface area contributed by atoms with Crippen LogP contribution in [0, 0.1) is 0 Å². The molecule has 3 rings (SSSR count). The van der Waals surface area contributed by atoms with Gasteiger partial charge in [0.2, 0.25) is 0 Å². The molecule has 1 fully saturated rings. The van der Waals surface area contributed by atoms with Crippen molar-refractivity contribution in [3.8, 4) is 5.75 Å². The van der Waals surface area contributed by atoms with Crippen LogP contribution in [0.15, 0.2) is 24.3 Å². The van der Waals surface area contributed by atoms with E-state index < -0.39 is 18.3 Å². The lowest BCUT2D eigenvalue weighted by Gasteiger charge is -2.32. The number of hydrogen-bond acceptors (Lipinski definition) is 4. The van der Waals surface area contributed by atoms with Gasteiger partial charge in [0.15, 0.2) is 6.00 Å². The van der Waals surface area contributed by atoms with Crippen LogP contribution < -0.4 is 10.1 Å². The molecule has 2 aliphatic rings. The molecule has 1 unspecified atom stereocenters. The Kier molecular flexibility index (Phi) is 3.26. The van der Waals surface area contributed by atoms with Crippen molar-refractivity contribution in [2.75, 3.05) is 6.54 Å². The Morgan fingerprint density at radius 3 is 2.43 bits per heavy atom. The molecule has 0 aromatic heterocycles. The summed E-state index contributed by atoms with van der Waals surface area (Å²) in [4.78, 5) is 12.0. The van der Waals surface area contributed by atoms with E-state index in [-0.39, 0.29) is 11.9 Å². The van der Waals surface area contributed by atoms with Crippen molar-refractivity contribution in [3.63, 3.8) is 0 Å². The van der Waals surface area contributed by atoms with Gasteiger partial charge in [-0.2, -0.15) is 0 Å². The molecule has 1 N–H and O–H groups in total. The number of ether oxygens (including phenoxy) is 1. The number of rotatable bonds is 1. The number of fused-ring (bicyclic) bond motifs is 1. The van der Waals surface area contributed by atoms with Crippen LogP contribution in [0.25, 0.3) is 0 Å². The van der Waals surface area contributed by atoms with E-state index in [0.717, 1.165) is 0 Å². The first-order valence-corrected chi connectivity index (χ1v) is 7.20. The van der Waals surface area contributed by atoms with E-state index in [1.165, 1.54) is 0 Å². The van der Waals surface area contributed by atoms with Crippen LogP contribution in [0.4, 0.5) is 0 Å². The maximum atomic E-state index is 12.0. The number of benzene rings is 1. The summed E-state index contributed by atoms with van der Waals surface area (Å²) < 4.78 is 18.0. The highest BCUT2D eigenvalue weighted by Crippen LogP contribution is 2.38. The third-order valence-electron chi connectivity index (χ3n) is 4.45. The zero-order valence-corrected chi connectivity index (χ0v) is 12.8. The number of para-hydroxylation sites is 1. The fourth-order valence-electron chi connectivity index (χ4n) is 2.44. The molecule has 5 nitrogen and oxygen atoms in total. The van der Waals surface area contributed by atoms with Gasteiger partial charge in [-0.25, -0.2) is 0 Å². The van der Waals surface area contributed by atoms with Gasteiger partial charge in [0, 0.05) is 0 Å². The van der Waals surface area contributed by atoms with Crippen molar-refractivity contribution < 1.29 is 18.8 Å². The smallest absolute Gasteiger partial charge is 0.490 e. The van der Waals surface area contributed by atoms with E-state index in [4.69, 9.17) is 14.0 Å². The molecule has 1 saturated heterocycles. The monoisotopic (exact) mass is 289 g/mol. The molecule has 1 amide bonds. The van der Waals surface area contributed by atoms with Crippen molar-refractivity contribution in [2.24, 2.45) is 0 Å². The second kappa shape index (κ2) is 4.75. The van der Waals surface area contributed by atoms with Crippen molar-refractivity contribution in [3.05, 3.63) is 29.8 Å². The minimum absolute atomic E-state index is 0.135. The molecule has 6 heteroatoms. The Bertz CT molecular complexity index is 557. The Morgan fingerprint density at radius 1 is 1.14 bits per heavy atom. The minimum atomic E-state index is -0.513. The number of amides is 1. The second-order valence-corrected chi connectivity index (χ2v) is 6.49. The average Bonchev–Trinajstić information content (AvgIpc) is 2.56. The molecule has 0 bridgehead atoms. The third-order valence-corrected chi connectivity index (χ3v) is 4.45. The quantitative estimate of drug-likeness (QED) is 0.801. The molecule has 0 radical (unpaired) electrons. The van der Waals surface area contributed by atoms with Crippen molar-refractivity contribution in [1.29, 1.82) is 0 Å². The van der Waals surface area contributed by atoms with Crippen molar-refractivity contribution >= 4 is 13.0 Å². The molecule has 2 heterocycles. The summed E-state index contributed by atoms with van der Waals surface area (Å²) in [7, 11) is -0.513. The number of hydrogen-bond donors (Lipinski definition) is 1. The molecule has 0 spiro atoms. The fourth-order valence-corrected chi connectivity index (χ4v) is 2.44. The fraction of sp³-hybridized carbons (Fsp3) is 0.533. The third kappa shape index (κ3) is 2.42. The standard InChI is InChI=1S/C15H20BNO4/c1-14(2)15(3,4)21-16(20-14)12-9-17-13(18)10-7-5-6-8-11(10)19-12/h5-8,12H,9H2,1-4H3,(H,17,18). The number of carbonyl (C=O) groups excluding carboxylic acids is 1. The van der Waals surface area contributed by atoms with Crippen molar-refractivity contribution in [2.45, 2.75) is 44.9 Å². The number of carbonyl (C=O) groups is 1. The van der Waals surface area contributed by atoms with E-state index in [1.807, 2.05) is 39.8 Å². The minimum Gasteiger partial charge on any atom is -0.490 e. The molecule has 112 valence electrons. The molecular weight excluding hydrogens is 269 g/mol. The topological polar surface area (TPSA) is 56.8 Å². The Hall–Kier alpha value is -1.53. The van der Waals surface area contributed by atoms with Gasteiger partial charge in [-0.1, -0.05) is 12.1 Å². The van der Waals surface area contributed by atoms with E-state index in [9.17, 15) is 4.79 Å². The molecule has 0 saturated carbocycles. The van der Waals surface area contributed by atoms with E-state index in [2.05, 4.69) is 5.32 Å². The summed E-state index contributed by atoms with van der Waals surface area (Å²) >= 11 is 0. The van der Waals surface area contributed by atoms with Gasteiger partial charge < -0.3 is 19.4 Å². The highest BCUT2D eigenvalue weighted by Gasteiger charge is 2.55. The highest BCUT2D eigenvalue weighted by molar-refractivity contribution is 6.47. The molecule has 2 aliphatic heterocycles. The van der Waals surface area contributed by atoms with Crippen LogP contribution in [0.3, 0.4) is 0 Å². The summed E-state index contributed by atoms with van der Waals surface area (Å²) in [5.74, 6) is 0.428. The van der Waals surface area contributed by atoms with Crippen LogP contribution in [0.5, 0.6) is 5.75 Å². The Morgan fingerprint density at radius 2 is 1.76 bits per heavy atom. The van der Waals surface area contributed by atoms with Crippen LogP contribution in [-0.4, -0.2) is 36.8 Å². The Labute approximate surface area is 125 Å². The van der Waals surface area contributed by atoms with Gasteiger partial charge in [-0.15, -0.1) is 0 Å². The first kappa shape index (κ1) is 14.4. The molecule has 1 aromatic rings. The molecule has 1 atom stereocenters. The highest BCUT2D eigenvalue weighted by atomic mass is 16.7. The average molecular weight is 289 g/mol. The molecular formula is C15H20BNO4. The summed E-state index contributed by atoms with van der Waals surface area (Å²) in [5, 5.41) is 2.86. The SMILES string of the molecule is CC1(C)OB(C2CNC(=O)c3ccccc3O2)OC1(C)C. The van der Waals surface area contributed by atoms with Crippen LogP contribution in [0.1, 0.15) is 38.1 Å². The zero-order valence-electron chi connectivity index (χ0n) is 12.8. The zero-order chi connectivity index (χ0) is 15.3. The van der Waals surface area contributed by atoms with Gasteiger partial charge >= 0.3 is 7.12 Å². The Balaban J connectivity index is 1.85. The van der Waals surface area contributed by atoms with Gasteiger partial charge in [0.05, 0.1) is 23.3 Å². The van der Waals surface area contributed by atoms with Gasteiger partial charge in [-0.05, 0) is 39.8 Å². The summed E-state index contributed by atoms with van der Waals surface area (Å²) in [6, 6.07) is 6.82. The predicted molar refractivity (Wildman–Crippen MR) is 79.3 cm³/mol. The maximum Gasteiger partial charge on any atom is 0.503 e. The first-order valence-electron chi connectivity index (χ1n) is 7.20. The lowest BCUT2D eigenvalue weighted by molar-refractivity contribution is 0.00578. The maximum absolute atomic E-state index is 12.0. The van der Waals surface area contributed by atoms with Crippen LogP contribution in [0.2, 0.25) is 0 Å². The van der Waals surface area contributed by atoms with Gasteiger partial charge in [-0.3, -0.25) is 4.79 Å². The largest absolute Gasteiger partial charge is 0.503 e. The van der Waals surface area contributed by atoms with Crippen LogP contribution >= 0.6 is 0 Å². The normalized spacial score (nSPS) is 26.6. The van der Waals surface area contributed by atoms with E-state index in [1.54, 1.807) is 12.1 Å². The van der Waals surface area contributed by atoms with E-state index >= 15 is 0 Å². The first-order chi connectivity index (χ1) is 9.80.